The van der Waals surface area contributed by atoms with Gasteiger partial charge in [0.1, 0.15) is 5.82 Å². The summed E-state index contributed by atoms with van der Waals surface area (Å²) < 4.78 is 12.7. The number of rotatable bonds is 3. The highest BCUT2D eigenvalue weighted by molar-refractivity contribution is 5.98. The first-order valence-electron chi connectivity index (χ1n) is 3.74. The monoisotopic (exact) mass is 195 g/mol. The van der Waals surface area contributed by atoms with E-state index in [0.717, 1.165) is 18.6 Å². The molecule has 4 N–H and O–H groups in total. The molecule has 1 radical (unpaired) electrons. The Morgan fingerprint density at radius 3 is 2.43 bits per heavy atom. The number of carbonyl (C=O) groups excluding carboxylic acids is 2. The summed E-state index contributed by atoms with van der Waals surface area (Å²) in [6, 6.07) is 3.33. The second-order valence-electron chi connectivity index (χ2n) is 2.64. The van der Waals surface area contributed by atoms with Crippen molar-refractivity contribution in [2.75, 3.05) is 0 Å². The van der Waals surface area contributed by atoms with Gasteiger partial charge in [0.05, 0.1) is 6.42 Å². The van der Waals surface area contributed by atoms with Crippen LogP contribution in [0, 0.1) is 12.2 Å². The summed E-state index contributed by atoms with van der Waals surface area (Å²) in [4.78, 5) is 21.4. The van der Waals surface area contributed by atoms with Crippen LogP contribution in [0.1, 0.15) is 15.9 Å². The number of benzene rings is 1. The third kappa shape index (κ3) is 2.29. The largest absolute Gasteiger partial charge is 0.369 e. The zero-order valence-corrected chi connectivity index (χ0v) is 7.16. The van der Waals surface area contributed by atoms with Gasteiger partial charge in [0.2, 0.25) is 11.8 Å². The van der Waals surface area contributed by atoms with E-state index >= 15 is 0 Å². The number of primary amides is 2. The van der Waals surface area contributed by atoms with E-state index in [1.165, 1.54) is 6.07 Å². The smallest absolute Gasteiger partial charge is 0.249 e. The molecule has 0 unspecified atom stereocenters. The number of nitrogens with two attached hydrogens (primary N) is 2. The highest BCUT2D eigenvalue weighted by atomic mass is 19.1. The van der Waals surface area contributed by atoms with Crippen LogP contribution in [0.5, 0.6) is 0 Å². The van der Waals surface area contributed by atoms with Crippen LogP contribution >= 0.6 is 0 Å². The molecule has 0 heterocycles. The predicted octanol–water partition coefficient (Wildman–Crippen LogP) is -0.0377. The fourth-order valence-electron chi connectivity index (χ4n) is 1.02. The molecule has 1 aromatic carbocycles. The first kappa shape index (κ1) is 10.2. The topological polar surface area (TPSA) is 86.2 Å². The molecule has 0 aliphatic carbocycles. The summed E-state index contributed by atoms with van der Waals surface area (Å²) in [7, 11) is 0. The van der Waals surface area contributed by atoms with Gasteiger partial charge in [-0.1, -0.05) is 6.07 Å². The van der Waals surface area contributed by atoms with E-state index in [-0.39, 0.29) is 11.1 Å². The molecule has 2 amide bonds. The van der Waals surface area contributed by atoms with Crippen molar-refractivity contribution in [2.45, 2.75) is 0 Å². The van der Waals surface area contributed by atoms with E-state index in [1.54, 1.807) is 0 Å². The van der Waals surface area contributed by atoms with Crippen molar-refractivity contribution < 1.29 is 14.0 Å². The average molecular weight is 195 g/mol. The lowest BCUT2D eigenvalue weighted by Gasteiger charge is -2.03. The van der Waals surface area contributed by atoms with Crippen LogP contribution in [0.4, 0.5) is 4.39 Å². The van der Waals surface area contributed by atoms with Gasteiger partial charge in [-0.15, -0.1) is 0 Å². The Kier molecular flexibility index (Phi) is 2.81. The Morgan fingerprint density at radius 1 is 1.29 bits per heavy atom. The lowest BCUT2D eigenvalue weighted by atomic mass is 10.0. The lowest BCUT2D eigenvalue weighted by Crippen LogP contribution is -2.18. The van der Waals surface area contributed by atoms with Gasteiger partial charge >= 0.3 is 0 Å². The minimum atomic E-state index is -0.808. The highest BCUT2D eigenvalue weighted by Gasteiger charge is 2.11. The number of amides is 2. The number of hydrogen-bond acceptors (Lipinski definition) is 2. The second kappa shape index (κ2) is 3.87. The molecule has 0 aromatic heterocycles. The van der Waals surface area contributed by atoms with Crippen LogP contribution in [-0.2, 0) is 4.79 Å². The Bertz CT molecular complexity index is 390. The number of halogens is 1. The van der Waals surface area contributed by atoms with Crippen molar-refractivity contribution in [1.82, 2.24) is 0 Å². The van der Waals surface area contributed by atoms with Gasteiger partial charge in [-0.2, -0.15) is 0 Å². The van der Waals surface area contributed by atoms with E-state index < -0.39 is 17.6 Å². The van der Waals surface area contributed by atoms with Gasteiger partial charge in [0, 0.05) is 5.56 Å². The number of hydrogen-bond donors (Lipinski definition) is 2. The summed E-state index contributed by atoms with van der Waals surface area (Å²) in [5, 5.41) is 0. The summed E-state index contributed by atoms with van der Waals surface area (Å²) in [5.74, 6) is -2.13. The SMILES string of the molecule is NC(=O)[CH]c1ccc(F)cc1C(N)=O. The Morgan fingerprint density at radius 2 is 1.93 bits per heavy atom. The molecule has 0 aliphatic rings. The van der Waals surface area contributed by atoms with E-state index in [9.17, 15) is 14.0 Å². The molecule has 5 heteroatoms. The first-order valence-corrected chi connectivity index (χ1v) is 3.74. The minimum Gasteiger partial charge on any atom is -0.369 e. The van der Waals surface area contributed by atoms with Crippen LogP contribution in [-0.4, -0.2) is 11.8 Å². The van der Waals surface area contributed by atoms with Crippen LogP contribution in [0.15, 0.2) is 18.2 Å². The zero-order chi connectivity index (χ0) is 10.7. The maximum Gasteiger partial charge on any atom is 0.249 e. The molecule has 0 aliphatic heterocycles. The molecule has 1 aromatic rings. The van der Waals surface area contributed by atoms with Crippen molar-refractivity contribution in [1.29, 1.82) is 0 Å². The number of carbonyl (C=O) groups is 2. The molecule has 0 atom stereocenters. The molecule has 0 fully saturated rings. The standard InChI is InChI=1S/C9H8FN2O2/c10-6-2-1-5(3-8(11)13)7(4-6)9(12)14/h1-4H,(H2,11,13)(H2,12,14). The quantitative estimate of drug-likeness (QED) is 0.709. The Balaban J connectivity index is 3.14. The molecule has 14 heavy (non-hydrogen) atoms. The Hall–Kier alpha value is -1.91. The van der Waals surface area contributed by atoms with Gasteiger partial charge in [0.25, 0.3) is 0 Å². The van der Waals surface area contributed by atoms with Crippen LogP contribution in [0.2, 0.25) is 0 Å². The van der Waals surface area contributed by atoms with Crippen molar-refractivity contribution in [2.24, 2.45) is 11.5 Å². The maximum absolute atomic E-state index is 12.7. The second-order valence-corrected chi connectivity index (χ2v) is 2.64. The predicted molar refractivity (Wildman–Crippen MR) is 47.5 cm³/mol. The zero-order valence-electron chi connectivity index (χ0n) is 7.16. The normalized spacial score (nSPS) is 9.79. The molecular formula is C9H8FN2O2. The third-order valence-electron chi connectivity index (χ3n) is 1.58. The lowest BCUT2D eigenvalue weighted by molar-refractivity contribution is -0.114. The van der Waals surface area contributed by atoms with Crippen molar-refractivity contribution >= 4 is 11.8 Å². The third-order valence-corrected chi connectivity index (χ3v) is 1.58. The van der Waals surface area contributed by atoms with Crippen LogP contribution in [0.3, 0.4) is 0 Å². The van der Waals surface area contributed by atoms with Gasteiger partial charge in [0.15, 0.2) is 0 Å². The molecule has 73 valence electrons. The first-order chi connectivity index (χ1) is 6.50. The van der Waals surface area contributed by atoms with Gasteiger partial charge in [-0.3, -0.25) is 9.59 Å². The molecule has 0 bridgehead atoms. The summed E-state index contributed by atoms with van der Waals surface area (Å²) in [5.41, 5.74) is 10.0. The molecule has 4 nitrogen and oxygen atoms in total. The van der Waals surface area contributed by atoms with E-state index in [0.29, 0.717) is 0 Å². The van der Waals surface area contributed by atoms with Crippen molar-refractivity contribution in [3.8, 4) is 0 Å². The van der Waals surface area contributed by atoms with Crippen molar-refractivity contribution in [3.05, 3.63) is 41.6 Å². The summed E-state index contributed by atoms with van der Waals surface area (Å²) in [6.45, 7) is 0. The van der Waals surface area contributed by atoms with Crippen LogP contribution < -0.4 is 11.5 Å². The fraction of sp³-hybridized carbons (Fsp3) is 0. The molecule has 1 rings (SSSR count). The van der Waals surface area contributed by atoms with Crippen LogP contribution in [0.25, 0.3) is 0 Å². The fourth-order valence-corrected chi connectivity index (χ4v) is 1.02. The average Bonchev–Trinajstić information content (AvgIpc) is 2.07. The maximum atomic E-state index is 12.7. The molecule has 0 saturated heterocycles. The van der Waals surface area contributed by atoms with E-state index in [4.69, 9.17) is 11.5 Å². The van der Waals surface area contributed by atoms with E-state index in [2.05, 4.69) is 0 Å². The molecular weight excluding hydrogens is 187 g/mol. The molecule has 0 spiro atoms. The van der Waals surface area contributed by atoms with Gasteiger partial charge < -0.3 is 11.5 Å². The van der Waals surface area contributed by atoms with Gasteiger partial charge in [-0.25, -0.2) is 4.39 Å². The highest BCUT2D eigenvalue weighted by Crippen LogP contribution is 2.12. The summed E-state index contributed by atoms with van der Waals surface area (Å²) >= 11 is 0. The van der Waals surface area contributed by atoms with Gasteiger partial charge in [-0.05, 0) is 17.7 Å². The Labute approximate surface area is 79.7 Å². The molecule has 0 saturated carbocycles. The van der Waals surface area contributed by atoms with Crippen molar-refractivity contribution in [3.63, 3.8) is 0 Å². The summed E-state index contributed by atoms with van der Waals surface area (Å²) in [6.07, 6.45) is 1.01. The minimum absolute atomic E-state index is 0.0659. The van der Waals surface area contributed by atoms with E-state index in [1.807, 2.05) is 0 Å².